The molecule has 2 heterocycles. The molecule has 0 aliphatic carbocycles. The number of carboxylic acid groups (broad SMARTS) is 1. The number of carboxylic acids is 1. The molecule has 1 saturated heterocycles. The Morgan fingerprint density at radius 2 is 2.50 bits per heavy atom. The molecule has 16 heavy (non-hydrogen) atoms. The Bertz CT molecular complexity index is 359. The van der Waals surface area contributed by atoms with E-state index in [4.69, 9.17) is 5.11 Å². The standard InChI is InChI=1S/C11H16N2O2S/c14-11(15)6-9-7-16-10(13-9)5-8-3-1-2-4-12-8/h7-8,12H,1-6H2,(H,14,15). The summed E-state index contributed by atoms with van der Waals surface area (Å²) >= 11 is 1.57. The van der Waals surface area contributed by atoms with Gasteiger partial charge in [-0.05, 0) is 19.4 Å². The van der Waals surface area contributed by atoms with Crippen LogP contribution in [0.3, 0.4) is 0 Å². The third-order valence-corrected chi connectivity index (χ3v) is 3.69. The summed E-state index contributed by atoms with van der Waals surface area (Å²) < 4.78 is 0. The van der Waals surface area contributed by atoms with Crippen LogP contribution in [0.25, 0.3) is 0 Å². The lowest BCUT2D eigenvalue weighted by Crippen LogP contribution is -2.35. The van der Waals surface area contributed by atoms with Gasteiger partial charge < -0.3 is 10.4 Å². The maximum Gasteiger partial charge on any atom is 0.309 e. The summed E-state index contributed by atoms with van der Waals surface area (Å²) in [5, 5.41) is 15.0. The van der Waals surface area contributed by atoms with E-state index >= 15 is 0 Å². The Morgan fingerprint density at radius 1 is 1.62 bits per heavy atom. The third-order valence-electron chi connectivity index (χ3n) is 2.77. The van der Waals surface area contributed by atoms with Crippen molar-refractivity contribution in [2.75, 3.05) is 6.54 Å². The molecule has 1 aromatic heterocycles. The lowest BCUT2D eigenvalue weighted by molar-refractivity contribution is -0.136. The minimum atomic E-state index is -0.812. The average Bonchev–Trinajstić information content (AvgIpc) is 2.66. The normalized spacial score (nSPS) is 20.9. The maximum absolute atomic E-state index is 10.5. The van der Waals surface area contributed by atoms with Gasteiger partial charge in [0.2, 0.25) is 0 Å². The molecular weight excluding hydrogens is 224 g/mol. The zero-order chi connectivity index (χ0) is 11.4. The molecule has 0 spiro atoms. The molecule has 1 atom stereocenters. The van der Waals surface area contributed by atoms with E-state index in [1.165, 1.54) is 19.3 Å². The molecule has 0 radical (unpaired) electrons. The lowest BCUT2D eigenvalue weighted by atomic mass is 10.0. The van der Waals surface area contributed by atoms with Gasteiger partial charge in [0.25, 0.3) is 0 Å². The quantitative estimate of drug-likeness (QED) is 0.836. The van der Waals surface area contributed by atoms with Crippen LogP contribution < -0.4 is 5.32 Å². The fraction of sp³-hybridized carbons (Fsp3) is 0.636. The summed E-state index contributed by atoms with van der Waals surface area (Å²) in [6.45, 7) is 1.10. The lowest BCUT2D eigenvalue weighted by Gasteiger charge is -2.22. The van der Waals surface area contributed by atoms with E-state index in [9.17, 15) is 4.79 Å². The van der Waals surface area contributed by atoms with Crippen molar-refractivity contribution in [1.82, 2.24) is 10.3 Å². The molecule has 1 fully saturated rings. The SMILES string of the molecule is O=C(O)Cc1csc(CC2CCCCN2)n1. The molecular formula is C11H16N2O2S. The van der Waals surface area contributed by atoms with Crippen LogP contribution in [0.2, 0.25) is 0 Å². The van der Waals surface area contributed by atoms with Crippen LogP contribution in [0.5, 0.6) is 0 Å². The van der Waals surface area contributed by atoms with Crippen molar-refractivity contribution < 1.29 is 9.90 Å². The highest BCUT2D eigenvalue weighted by Crippen LogP contribution is 2.16. The fourth-order valence-corrected chi connectivity index (χ4v) is 2.86. The first-order valence-corrected chi connectivity index (χ1v) is 6.50. The van der Waals surface area contributed by atoms with E-state index in [1.807, 2.05) is 5.38 Å². The minimum Gasteiger partial charge on any atom is -0.481 e. The molecule has 2 N–H and O–H groups in total. The van der Waals surface area contributed by atoms with Gasteiger partial charge in [-0.3, -0.25) is 4.79 Å². The molecule has 0 aromatic carbocycles. The van der Waals surface area contributed by atoms with Crippen molar-refractivity contribution >= 4 is 17.3 Å². The van der Waals surface area contributed by atoms with Crippen LogP contribution in [0.4, 0.5) is 0 Å². The van der Waals surface area contributed by atoms with Gasteiger partial charge in [0.1, 0.15) is 0 Å². The number of carbonyl (C=O) groups is 1. The number of nitrogens with one attached hydrogen (secondary N) is 1. The van der Waals surface area contributed by atoms with Crippen molar-refractivity contribution in [2.45, 2.75) is 38.1 Å². The number of thiazole rings is 1. The maximum atomic E-state index is 10.5. The van der Waals surface area contributed by atoms with Gasteiger partial charge in [0.05, 0.1) is 17.1 Å². The van der Waals surface area contributed by atoms with Crippen LogP contribution in [-0.2, 0) is 17.6 Å². The van der Waals surface area contributed by atoms with E-state index in [-0.39, 0.29) is 6.42 Å². The second-order valence-electron chi connectivity index (χ2n) is 4.15. The van der Waals surface area contributed by atoms with Crippen LogP contribution in [-0.4, -0.2) is 28.6 Å². The summed E-state index contributed by atoms with van der Waals surface area (Å²) in [4.78, 5) is 14.9. The van der Waals surface area contributed by atoms with E-state index in [2.05, 4.69) is 10.3 Å². The molecule has 0 saturated carbocycles. The molecule has 0 amide bonds. The van der Waals surface area contributed by atoms with Crippen LogP contribution in [0.15, 0.2) is 5.38 Å². The Hall–Kier alpha value is -0.940. The number of hydrogen-bond donors (Lipinski definition) is 2. The van der Waals surface area contributed by atoms with Gasteiger partial charge in [0, 0.05) is 17.8 Å². The largest absolute Gasteiger partial charge is 0.481 e. The molecule has 1 unspecified atom stereocenters. The first-order valence-electron chi connectivity index (χ1n) is 5.62. The zero-order valence-corrected chi connectivity index (χ0v) is 9.92. The van der Waals surface area contributed by atoms with Gasteiger partial charge in [-0.25, -0.2) is 4.98 Å². The summed E-state index contributed by atoms with van der Waals surface area (Å²) in [5.41, 5.74) is 0.684. The van der Waals surface area contributed by atoms with E-state index in [0.717, 1.165) is 18.0 Å². The van der Waals surface area contributed by atoms with E-state index < -0.39 is 5.97 Å². The number of nitrogens with zero attached hydrogens (tertiary/aromatic N) is 1. The monoisotopic (exact) mass is 240 g/mol. The second-order valence-corrected chi connectivity index (χ2v) is 5.10. The van der Waals surface area contributed by atoms with Crippen molar-refractivity contribution in [1.29, 1.82) is 0 Å². The van der Waals surface area contributed by atoms with Crippen molar-refractivity contribution in [3.63, 3.8) is 0 Å². The Labute approximate surface area is 98.7 Å². The van der Waals surface area contributed by atoms with Crippen LogP contribution >= 0.6 is 11.3 Å². The predicted molar refractivity (Wildman–Crippen MR) is 62.8 cm³/mol. The smallest absolute Gasteiger partial charge is 0.309 e. The molecule has 1 aliphatic rings. The van der Waals surface area contributed by atoms with Crippen molar-refractivity contribution in [2.24, 2.45) is 0 Å². The highest BCUT2D eigenvalue weighted by molar-refractivity contribution is 7.09. The molecule has 5 heteroatoms. The van der Waals surface area contributed by atoms with E-state index in [1.54, 1.807) is 11.3 Å². The zero-order valence-electron chi connectivity index (χ0n) is 9.11. The molecule has 4 nitrogen and oxygen atoms in total. The van der Waals surface area contributed by atoms with Gasteiger partial charge in [-0.2, -0.15) is 0 Å². The van der Waals surface area contributed by atoms with Gasteiger partial charge >= 0.3 is 5.97 Å². The van der Waals surface area contributed by atoms with Crippen molar-refractivity contribution in [3.05, 3.63) is 16.1 Å². The topological polar surface area (TPSA) is 62.2 Å². The van der Waals surface area contributed by atoms with Crippen LogP contribution in [0.1, 0.15) is 30.0 Å². The number of rotatable bonds is 4. The highest BCUT2D eigenvalue weighted by Gasteiger charge is 2.15. The van der Waals surface area contributed by atoms with E-state index in [0.29, 0.717) is 11.7 Å². The molecule has 88 valence electrons. The summed E-state index contributed by atoms with van der Waals surface area (Å²) in [7, 11) is 0. The summed E-state index contributed by atoms with van der Waals surface area (Å²) in [5.74, 6) is -0.812. The minimum absolute atomic E-state index is 0.0363. The third kappa shape index (κ3) is 3.28. The fourth-order valence-electron chi connectivity index (χ4n) is 1.99. The summed E-state index contributed by atoms with van der Waals surface area (Å²) in [6.07, 6.45) is 4.72. The Morgan fingerprint density at radius 3 is 3.19 bits per heavy atom. The van der Waals surface area contributed by atoms with Gasteiger partial charge in [-0.1, -0.05) is 6.42 Å². The van der Waals surface area contributed by atoms with Gasteiger partial charge in [-0.15, -0.1) is 11.3 Å². The number of aromatic nitrogens is 1. The number of hydrogen-bond acceptors (Lipinski definition) is 4. The molecule has 1 aromatic rings. The molecule has 2 rings (SSSR count). The molecule has 0 bridgehead atoms. The first kappa shape index (κ1) is 11.5. The Kier molecular flexibility index (Phi) is 3.90. The predicted octanol–water partition coefficient (Wildman–Crippen LogP) is 1.45. The average molecular weight is 240 g/mol. The van der Waals surface area contributed by atoms with Crippen LogP contribution in [0, 0.1) is 0 Å². The summed E-state index contributed by atoms with van der Waals surface area (Å²) in [6, 6.07) is 0.526. The van der Waals surface area contributed by atoms with Gasteiger partial charge in [0.15, 0.2) is 0 Å². The number of aliphatic carboxylic acids is 1. The molecule has 1 aliphatic heterocycles. The number of piperidine rings is 1. The highest BCUT2D eigenvalue weighted by atomic mass is 32.1. The second kappa shape index (κ2) is 5.41. The van der Waals surface area contributed by atoms with Crippen molar-refractivity contribution in [3.8, 4) is 0 Å². The first-order chi connectivity index (χ1) is 7.74. The Balaban J connectivity index is 1.88.